The lowest BCUT2D eigenvalue weighted by molar-refractivity contribution is 0.467. The highest BCUT2D eigenvalue weighted by atomic mass is 32.2. The van der Waals surface area contributed by atoms with E-state index >= 15 is 0 Å². The van der Waals surface area contributed by atoms with E-state index in [0.29, 0.717) is 23.0 Å². The van der Waals surface area contributed by atoms with Gasteiger partial charge >= 0.3 is 0 Å². The Morgan fingerprint density at radius 2 is 0.759 bits per heavy atom. The normalized spacial score (nSPS) is 11.8. The smallest absolute Gasteiger partial charge is 0.143 e. The van der Waals surface area contributed by atoms with E-state index in [4.69, 9.17) is 0 Å². The molecular formula is C52H48N2O2S2. The molecule has 0 spiro atoms. The van der Waals surface area contributed by atoms with Gasteiger partial charge in [0.2, 0.25) is 0 Å². The first-order valence-electron chi connectivity index (χ1n) is 20.5. The number of hydrogen-bond donors (Lipinski definition) is 2. The van der Waals surface area contributed by atoms with Crippen LogP contribution in [-0.2, 0) is 24.3 Å². The van der Waals surface area contributed by atoms with Gasteiger partial charge in [0, 0.05) is 54.0 Å². The number of aryl methyl sites for hydroxylation is 2. The lowest BCUT2D eigenvalue weighted by Gasteiger charge is -2.17. The minimum absolute atomic E-state index is 0.329. The standard InChI is InChI=1S/C52H48N2O2S2/c1-3-5-17-35-29-37(51(55)47(31-35)53-43-23-11-7-19-39(43)40-20-8-12-24-44(40)53)33-57-49-27-15-16-28-50(49)58-34-38-30-36(18-6-4-2)32-48(52(38)56)54-45-25-13-9-21-41(45)42-22-10-14-26-46(42)54/h7-16,19-32,55-56H,3-6,17-18,33-34H2,1-2H3. The van der Waals surface area contributed by atoms with Crippen LogP contribution in [0.1, 0.15) is 61.8 Å². The average molecular weight is 797 g/mol. The maximum atomic E-state index is 12.1. The van der Waals surface area contributed by atoms with Gasteiger partial charge < -0.3 is 19.3 Å². The third-order valence-electron chi connectivity index (χ3n) is 11.4. The first kappa shape index (κ1) is 38.0. The van der Waals surface area contributed by atoms with Crippen LogP contribution in [0.25, 0.3) is 55.0 Å². The molecule has 0 atom stereocenters. The number of aromatic hydroxyl groups is 2. The molecule has 2 N–H and O–H groups in total. The SMILES string of the molecule is CCCCc1cc(CSc2ccccc2SCc2cc(CCCC)cc(-n3c4ccccc4c4ccccc43)c2O)c(O)c(-n2c3ccccc3c3ccccc32)c1. The van der Waals surface area contributed by atoms with E-state index in [0.717, 1.165) is 92.9 Å². The molecule has 9 aromatic rings. The predicted octanol–water partition coefficient (Wildman–Crippen LogP) is 14.6. The first-order chi connectivity index (χ1) is 28.5. The van der Waals surface area contributed by atoms with E-state index in [9.17, 15) is 10.2 Å². The number of benzene rings is 7. The van der Waals surface area contributed by atoms with Crippen molar-refractivity contribution < 1.29 is 10.2 Å². The largest absolute Gasteiger partial charge is 0.505 e. The average Bonchev–Trinajstić information content (AvgIpc) is 3.78. The second-order valence-corrected chi connectivity index (χ2v) is 17.3. The summed E-state index contributed by atoms with van der Waals surface area (Å²) in [4.78, 5) is 2.32. The van der Waals surface area contributed by atoms with Crippen molar-refractivity contribution in [1.82, 2.24) is 9.13 Å². The molecule has 0 saturated heterocycles. The van der Waals surface area contributed by atoms with Crippen molar-refractivity contribution in [3.05, 3.63) is 168 Å². The van der Waals surface area contributed by atoms with Gasteiger partial charge in [-0.2, -0.15) is 0 Å². The summed E-state index contributed by atoms with van der Waals surface area (Å²) in [5, 5.41) is 29.0. The molecule has 290 valence electrons. The fourth-order valence-electron chi connectivity index (χ4n) is 8.46. The third kappa shape index (κ3) is 7.14. The minimum Gasteiger partial charge on any atom is -0.505 e. The lowest BCUT2D eigenvalue weighted by atomic mass is 10.0. The molecule has 0 aliphatic heterocycles. The van der Waals surface area contributed by atoms with Crippen LogP contribution in [0.4, 0.5) is 0 Å². The van der Waals surface area contributed by atoms with Crippen molar-refractivity contribution in [1.29, 1.82) is 0 Å². The molecule has 6 heteroatoms. The van der Waals surface area contributed by atoms with Crippen LogP contribution in [-0.4, -0.2) is 19.3 Å². The zero-order valence-electron chi connectivity index (χ0n) is 33.1. The Balaban J connectivity index is 1.04. The molecule has 7 aromatic carbocycles. The number of unbranched alkanes of at least 4 members (excludes halogenated alkanes) is 2. The molecule has 0 aliphatic rings. The van der Waals surface area contributed by atoms with E-state index in [2.05, 4.69) is 169 Å². The van der Waals surface area contributed by atoms with Crippen LogP contribution in [0.2, 0.25) is 0 Å². The number of thioether (sulfide) groups is 2. The van der Waals surface area contributed by atoms with Crippen molar-refractivity contribution in [3.8, 4) is 22.9 Å². The number of nitrogens with zero attached hydrogens (tertiary/aromatic N) is 2. The van der Waals surface area contributed by atoms with Crippen LogP contribution in [0.15, 0.2) is 155 Å². The van der Waals surface area contributed by atoms with Crippen LogP contribution in [0.5, 0.6) is 11.5 Å². The summed E-state index contributed by atoms with van der Waals surface area (Å²) in [7, 11) is 0. The lowest BCUT2D eigenvalue weighted by Crippen LogP contribution is -2.00. The number of fused-ring (bicyclic) bond motifs is 6. The van der Waals surface area contributed by atoms with E-state index in [1.54, 1.807) is 23.5 Å². The molecule has 9 rings (SSSR count). The highest BCUT2D eigenvalue weighted by molar-refractivity contribution is 8.01. The van der Waals surface area contributed by atoms with E-state index < -0.39 is 0 Å². The molecule has 0 radical (unpaired) electrons. The third-order valence-corrected chi connectivity index (χ3v) is 13.7. The van der Waals surface area contributed by atoms with Gasteiger partial charge in [-0.15, -0.1) is 23.5 Å². The molecule has 4 nitrogen and oxygen atoms in total. The predicted molar refractivity (Wildman–Crippen MR) is 248 cm³/mol. The van der Waals surface area contributed by atoms with Gasteiger partial charge in [-0.3, -0.25) is 0 Å². The fourth-order valence-corrected chi connectivity index (χ4v) is 10.6. The van der Waals surface area contributed by atoms with Gasteiger partial charge in [0.1, 0.15) is 11.5 Å². The van der Waals surface area contributed by atoms with Crippen molar-refractivity contribution in [3.63, 3.8) is 0 Å². The Kier molecular flexibility index (Phi) is 11.0. The molecule has 0 bridgehead atoms. The molecule has 0 saturated carbocycles. The highest BCUT2D eigenvalue weighted by Gasteiger charge is 2.20. The van der Waals surface area contributed by atoms with Crippen molar-refractivity contribution >= 4 is 67.1 Å². The molecule has 2 heterocycles. The summed E-state index contributed by atoms with van der Waals surface area (Å²) in [5.74, 6) is 1.92. The van der Waals surface area contributed by atoms with Gasteiger partial charge in [-0.05, 0) is 85.3 Å². The Bertz CT molecular complexity index is 2620. The van der Waals surface area contributed by atoms with Gasteiger partial charge in [0.25, 0.3) is 0 Å². The number of aromatic nitrogens is 2. The van der Waals surface area contributed by atoms with Crippen molar-refractivity contribution in [2.75, 3.05) is 0 Å². The van der Waals surface area contributed by atoms with Crippen molar-refractivity contribution in [2.45, 2.75) is 73.7 Å². The number of rotatable bonds is 14. The Hall–Kier alpha value is -5.56. The monoisotopic (exact) mass is 796 g/mol. The topological polar surface area (TPSA) is 50.3 Å². The second kappa shape index (κ2) is 16.7. The zero-order chi connectivity index (χ0) is 39.6. The van der Waals surface area contributed by atoms with Crippen LogP contribution in [0, 0.1) is 0 Å². The molecular weight excluding hydrogens is 749 g/mol. The minimum atomic E-state index is 0.329. The maximum absolute atomic E-state index is 12.1. The van der Waals surface area contributed by atoms with E-state index in [1.807, 2.05) is 0 Å². The van der Waals surface area contributed by atoms with Gasteiger partial charge in [0.05, 0.1) is 33.4 Å². The molecule has 58 heavy (non-hydrogen) atoms. The number of phenols is 2. The van der Waals surface area contributed by atoms with Crippen LogP contribution < -0.4 is 0 Å². The molecule has 0 amide bonds. The van der Waals surface area contributed by atoms with Gasteiger partial charge in [0.15, 0.2) is 0 Å². The van der Waals surface area contributed by atoms with E-state index in [-0.39, 0.29) is 0 Å². The Morgan fingerprint density at radius 1 is 0.431 bits per heavy atom. The summed E-state index contributed by atoms with van der Waals surface area (Å²) in [5.41, 5.74) is 10.4. The fraction of sp³-hybridized carbons (Fsp3) is 0.192. The van der Waals surface area contributed by atoms with Crippen molar-refractivity contribution in [2.24, 2.45) is 0 Å². The molecule has 0 fully saturated rings. The second-order valence-electron chi connectivity index (χ2n) is 15.2. The number of phenolic OH excluding ortho intramolecular Hbond substituents is 2. The van der Waals surface area contributed by atoms with Gasteiger partial charge in [-0.25, -0.2) is 0 Å². The first-order valence-corrected chi connectivity index (χ1v) is 22.5. The Labute approximate surface area is 349 Å². The number of para-hydroxylation sites is 4. The quantitative estimate of drug-likeness (QED) is 0.108. The summed E-state index contributed by atoms with van der Waals surface area (Å²) in [6, 6.07) is 51.3. The summed E-state index contributed by atoms with van der Waals surface area (Å²) >= 11 is 3.52. The molecule has 0 unspecified atom stereocenters. The molecule has 2 aromatic heterocycles. The maximum Gasteiger partial charge on any atom is 0.143 e. The zero-order valence-corrected chi connectivity index (χ0v) is 34.8. The number of hydrogen-bond acceptors (Lipinski definition) is 4. The Morgan fingerprint density at radius 3 is 1.10 bits per heavy atom. The molecule has 0 aliphatic carbocycles. The summed E-state index contributed by atoms with van der Waals surface area (Å²) < 4.78 is 4.48. The summed E-state index contributed by atoms with van der Waals surface area (Å²) in [6.07, 6.45) is 6.32. The van der Waals surface area contributed by atoms with Gasteiger partial charge in [-0.1, -0.05) is 124 Å². The summed E-state index contributed by atoms with van der Waals surface area (Å²) in [6.45, 7) is 4.46. The van der Waals surface area contributed by atoms with Crippen LogP contribution >= 0.6 is 23.5 Å². The van der Waals surface area contributed by atoms with E-state index in [1.165, 1.54) is 32.7 Å². The highest BCUT2D eigenvalue weighted by Crippen LogP contribution is 2.43. The van der Waals surface area contributed by atoms with Crippen LogP contribution in [0.3, 0.4) is 0 Å².